The van der Waals surface area contributed by atoms with E-state index < -0.39 is 6.10 Å². The van der Waals surface area contributed by atoms with Crippen molar-refractivity contribution >= 4 is 17.9 Å². The highest BCUT2D eigenvalue weighted by Gasteiger charge is 2.19. The quantitative estimate of drug-likeness (QED) is 0.0347. The number of rotatable bonds is 44. The Morgan fingerprint density at radius 3 is 0.912 bits per heavy atom. The summed E-state index contributed by atoms with van der Waals surface area (Å²) in [6.07, 6.45) is 41.0. The van der Waals surface area contributed by atoms with Gasteiger partial charge in [0.1, 0.15) is 13.2 Å². The summed E-state index contributed by atoms with van der Waals surface area (Å²) in [5.74, 6) is 1.61. The average molecular weight is 807 g/mol. The van der Waals surface area contributed by atoms with E-state index in [1.807, 2.05) is 0 Å². The van der Waals surface area contributed by atoms with E-state index >= 15 is 0 Å². The summed E-state index contributed by atoms with van der Waals surface area (Å²) < 4.78 is 16.8. The molecule has 2 atom stereocenters. The molecule has 0 aliphatic carbocycles. The van der Waals surface area contributed by atoms with Crippen LogP contribution in [-0.4, -0.2) is 37.2 Å². The fourth-order valence-corrected chi connectivity index (χ4v) is 7.55. The Bertz CT molecular complexity index is 885. The number of esters is 3. The number of ether oxygens (including phenoxy) is 3. The van der Waals surface area contributed by atoms with Gasteiger partial charge < -0.3 is 14.2 Å². The lowest BCUT2D eigenvalue weighted by Gasteiger charge is -2.18. The molecular formula is C51H98O6. The first-order chi connectivity index (χ1) is 27.6. The minimum absolute atomic E-state index is 0.0660. The molecule has 57 heavy (non-hydrogen) atoms. The Hall–Kier alpha value is -1.59. The molecule has 0 aromatic rings. The van der Waals surface area contributed by atoms with Crippen molar-refractivity contribution in [2.45, 2.75) is 279 Å². The number of hydrogen-bond donors (Lipinski definition) is 0. The summed E-state index contributed by atoms with van der Waals surface area (Å²) in [6, 6.07) is 0. The molecule has 0 aliphatic rings. The van der Waals surface area contributed by atoms with Crippen LogP contribution in [0.4, 0.5) is 0 Å². The van der Waals surface area contributed by atoms with Crippen LogP contribution in [0.3, 0.4) is 0 Å². The molecule has 0 saturated heterocycles. The third-order valence-electron chi connectivity index (χ3n) is 11.8. The van der Waals surface area contributed by atoms with Crippen LogP contribution >= 0.6 is 0 Å². The molecule has 0 bridgehead atoms. The average Bonchev–Trinajstić information content (AvgIpc) is 3.18. The smallest absolute Gasteiger partial charge is 0.306 e. The highest BCUT2D eigenvalue weighted by atomic mass is 16.6. The molecule has 0 saturated carbocycles. The molecule has 1 unspecified atom stereocenters. The topological polar surface area (TPSA) is 78.9 Å². The lowest BCUT2D eigenvalue weighted by Crippen LogP contribution is -2.30. The zero-order chi connectivity index (χ0) is 42.0. The van der Waals surface area contributed by atoms with Crippen LogP contribution in [-0.2, 0) is 28.6 Å². The van der Waals surface area contributed by atoms with Gasteiger partial charge in [0.15, 0.2) is 6.10 Å². The number of unbranched alkanes of at least 4 members (excludes halogenated alkanes) is 26. The molecule has 338 valence electrons. The largest absolute Gasteiger partial charge is 0.462 e. The third kappa shape index (κ3) is 43.8. The number of carbonyl (C=O) groups excluding carboxylic acids is 3. The number of hydrogen-bond acceptors (Lipinski definition) is 6. The van der Waals surface area contributed by atoms with Crippen LogP contribution < -0.4 is 0 Å². The minimum atomic E-state index is -0.763. The molecule has 0 N–H and O–H groups in total. The second-order valence-electron chi connectivity index (χ2n) is 18.6. The fourth-order valence-electron chi connectivity index (χ4n) is 7.55. The lowest BCUT2D eigenvalue weighted by atomic mass is 9.99. The molecule has 0 aromatic heterocycles. The van der Waals surface area contributed by atoms with Crippen molar-refractivity contribution in [2.24, 2.45) is 17.8 Å². The van der Waals surface area contributed by atoms with E-state index in [-0.39, 0.29) is 31.1 Å². The van der Waals surface area contributed by atoms with Gasteiger partial charge in [-0.1, -0.05) is 234 Å². The van der Waals surface area contributed by atoms with Crippen molar-refractivity contribution in [3.05, 3.63) is 0 Å². The first kappa shape index (κ1) is 55.4. The molecule has 0 spiro atoms. The predicted octanol–water partition coefficient (Wildman–Crippen LogP) is 16.0. The molecule has 6 heteroatoms. The molecular weight excluding hydrogens is 709 g/mol. The molecule has 0 aliphatic heterocycles. The van der Waals surface area contributed by atoms with E-state index in [1.54, 1.807) is 0 Å². The molecule has 0 radical (unpaired) electrons. The van der Waals surface area contributed by atoms with Crippen LogP contribution in [0, 0.1) is 17.8 Å². The Morgan fingerprint density at radius 1 is 0.351 bits per heavy atom. The zero-order valence-corrected chi connectivity index (χ0v) is 39.1. The first-order valence-electron chi connectivity index (χ1n) is 25.1. The summed E-state index contributed by atoms with van der Waals surface area (Å²) in [7, 11) is 0. The van der Waals surface area contributed by atoms with Crippen LogP contribution in [0.1, 0.15) is 273 Å². The first-order valence-corrected chi connectivity index (χ1v) is 25.1. The Balaban J connectivity index is 4.27. The van der Waals surface area contributed by atoms with Gasteiger partial charge in [0.05, 0.1) is 0 Å². The second kappa shape index (κ2) is 42.5. The summed E-state index contributed by atoms with van der Waals surface area (Å²) >= 11 is 0. The van der Waals surface area contributed by atoms with Crippen LogP contribution in [0.5, 0.6) is 0 Å². The van der Waals surface area contributed by atoms with E-state index in [0.717, 1.165) is 75.5 Å². The fraction of sp³-hybridized carbons (Fsp3) is 0.941. The maximum Gasteiger partial charge on any atom is 0.306 e. The van der Waals surface area contributed by atoms with E-state index in [9.17, 15) is 14.4 Å². The highest BCUT2D eigenvalue weighted by Crippen LogP contribution is 2.18. The normalized spacial score (nSPS) is 12.6. The van der Waals surface area contributed by atoms with Gasteiger partial charge in [-0.05, 0) is 37.0 Å². The van der Waals surface area contributed by atoms with Crippen molar-refractivity contribution < 1.29 is 28.6 Å². The maximum absolute atomic E-state index is 12.7. The molecule has 0 aromatic carbocycles. The van der Waals surface area contributed by atoms with Gasteiger partial charge in [-0.25, -0.2) is 0 Å². The van der Waals surface area contributed by atoms with Crippen molar-refractivity contribution in [3.63, 3.8) is 0 Å². The minimum Gasteiger partial charge on any atom is -0.462 e. The third-order valence-corrected chi connectivity index (χ3v) is 11.8. The van der Waals surface area contributed by atoms with Crippen molar-refractivity contribution in [2.75, 3.05) is 13.2 Å². The zero-order valence-electron chi connectivity index (χ0n) is 39.1. The van der Waals surface area contributed by atoms with E-state index in [4.69, 9.17) is 14.2 Å². The van der Waals surface area contributed by atoms with Gasteiger partial charge in [-0.3, -0.25) is 14.4 Å². The van der Waals surface area contributed by atoms with Gasteiger partial charge >= 0.3 is 17.9 Å². The van der Waals surface area contributed by atoms with Crippen molar-refractivity contribution in [1.82, 2.24) is 0 Å². The maximum atomic E-state index is 12.7. The van der Waals surface area contributed by atoms with Crippen LogP contribution in [0.25, 0.3) is 0 Å². The van der Waals surface area contributed by atoms with E-state index in [1.165, 1.54) is 154 Å². The predicted molar refractivity (Wildman–Crippen MR) is 243 cm³/mol. The molecule has 6 nitrogen and oxygen atoms in total. The summed E-state index contributed by atoms with van der Waals surface area (Å²) in [4.78, 5) is 37.8. The highest BCUT2D eigenvalue weighted by molar-refractivity contribution is 5.71. The summed E-state index contributed by atoms with van der Waals surface area (Å²) in [5, 5.41) is 0. The summed E-state index contributed by atoms with van der Waals surface area (Å²) in [5.41, 5.74) is 0. The van der Waals surface area contributed by atoms with Gasteiger partial charge in [0.2, 0.25) is 0 Å². The molecule has 0 heterocycles. The van der Waals surface area contributed by atoms with Gasteiger partial charge in [0.25, 0.3) is 0 Å². The van der Waals surface area contributed by atoms with Gasteiger partial charge in [-0.15, -0.1) is 0 Å². The SMILES string of the molecule is CCC(C)CCCCCCCCCCCCC(=O)OC[C@@H](COC(=O)CCCCCCCCCCCCCCCC(C)C)OC(=O)CCCCCCCCC(C)C. The van der Waals surface area contributed by atoms with E-state index in [0.29, 0.717) is 19.3 Å². The Morgan fingerprint density at radius 2 is 0.614 bits per heavy atom. The Kier molecular flexibility index (Phi) is 41.3. The molecule has 0 amide bonds. The van der Waals surface area contributed by atoms with Crippen LogP contribution in [0.2, 0.25) is 0 Å². The number of carbonyl (C=O) groups is 3. The van der Waals surface area contributed by atoms with Gasteiger partial charge in [0, 0.05) is 19.3 Å². The Labute approximate surface area is 355 Å². The van der Waals surface area contributed by atoms with Crippen molar-refractivity contribution in [1.29, 1.82) is 0 Å². The standard InChI is InChI=1S/C51H98O6/c1-7-47(6)39-33-27-20-16-13-14-18-22-29-35-41-50(53)56-44-48(57-51(54)42-36-30-24-23-26-32-38-46(4)5)43-55-49(52)40-34-28-21-17-12-10-8-9-11-15-19-25-31-37-45(2)3/h45-48H,7-44H2,1-6H3/t47?,48-/m1/s1. The second-order valence-corrected chi connectivity index (χ2v) is 18.6. The van der Waals surface area contributed by atoms with E-state index in [2.05, 4.69) is 41.5 Å². The van der Waals surface area contributed by atoms with Crippen molar-refractivity contribution in [3.8, 4) is 0 Å². The van der Waals surface area contributed by atoms with Crippen LogP contribution in [0.15, 0.2) is 0 Å². The molecule has 0 rings (SSSR count). The molecule has 0 fully saturated rings. The summed E-state index contributed by atoms with van der Waals surface area (Å²) in [6.45, 7) is 13.7. The van der Waals surface area contributed by atoms with Gasteiger partial charge in [-0.2, -0.15) is 0 Å². The lowest BCUT2D eigenvalue weighted by molar-refractivity contribution is -0.167. The monoisotopic (exact) mass is 807 g/mol.